The van der Waals surface area contributed by atoms with Crippen LogP contribution in [0.2, 0.25) is 0 Å². The van der Waals surface area contributed by atoms with Crippen molar-refractivity contribution in [1.82, 2.24) is 10.2 Å². The second-order valence-corrected chi connectivity index (χ2v) is 7.63. The van der Waals surface area contributed by atoms with Gasteiger partial charge >= 0.3 is 12.1 Å². The summed E-state index contributed by atoms with van der Waals surface area (Å²) in [5.74, 6) is -1.83. The first-order chi connectivity index (χ1) is 14.6. The fourth-order valence-corrected chi connectivity index (χ4v) is 3.94. The van der Waals surface area contributed by atoms with Crippen LogP contribution < -0.4 is 10.6 Å². The van der Waals surface area contributed by atoms with Crippen molar-refractivity contribution in [1.29, 1.82) is 0 Å². The van der Waals surface area contributed by atoms with Crippen LogP contribution in [-0.2, 0) is 25.3 Å². The number of carbonyl (C=O) groups excluding carboxylic acids is 3. The lowest BCUT2D eigenvalue weighted by molar-refractivity contribution is -0.151. The van der Waals surface area contributed by atoms with Crippen LogP contribution in [0.4, 0.5) is 18.9 Å². The predicted octanol–water partition coefficient (Wildman–Crippen LogP) is 2.49. The van der Waals surface area contributed by atoms with E-state index in [0.717, 1.165) is 18.7 Å². The topological polar surface area (TPSA) is 87.7 Å². The maximum Gasteiger partial charge on any atom is 0.416 e. The average Bonchev–Trinajstić information content (AvgIpc) is 2.96. The highest BCUT2D eigenvalue weighted by molar-refractivity contribution is 6.08. The molecule has 3 rings (SSSR count). The lowest BCUT2D eigenvalue weighted by atomic mass is 9.82. The van der Waals surface area contributed by atoms with Crippen molar-refractivity contribution in [2.24, 2.45) is 0 Å². The lowest BCUT2D eigenvalue weighted by Crippen LogP contribution is -2.49. The molecule has 1 fully saturated rings. The first-order valence-electron chi connectivity index (χ1n) is 9.98. The molecule has 168 valence electrons. The monoisotopic (exact) mass is 439 g/mol. The third kappa shape index (κ3) is 4.90. The molecule has 1 aromatic rings. The van der Waals surface area contributed by atoms with Gasteiger partial charge in [0, 0.05) is 37.2 Å². The van der Waals surface area contributed by atoms with E-state index >= 15 is 0 Å². The zero-order chi connectivity index (χ0) is 22.8. The number of likely N-dealkylation sites (tertiary alicyclic amines) is 1. The molecule has 0 saturated carbocycles. The van der Waals surface area contributed by atoms with E-state index in [1.54, 1.807) is 0 Å². The van der Waals surface area contributed by atoms with Crippen molar-refractivity contribution in [3.05, 3.63) is 41.0 Å². The number of nitrogens with one attached hydrogen (secondary N) is 2. The van der Waals surface area contributed by atoms with Crippen LogP contribution >= 0.6 is 0 Å². The van der Waals surface area contributed by atoms with Gasteiger partial charge in [-0.3, -0.25) is 9.59 Å². The average molecular weight is 439 g/mol. The largest absolute Gasteiger partial charge is 0.450 e. The molecule has 2 aliphatic heterocycles. The summed E-state index contributed by atoms with van der Waals surface area (Å²) < 4.78 is 44.0. The SMILES string of the molecule is CCN1CCC2(CC1)OC(=O)C(C)=C2C(=O)NCC(=O)Nc1cccc(C(F)(F)F)c1. The Balaban J connectivity index is 1.64. The minimum atomic E-state index is -4.53. The number of piperidine rings is 1. The van der Waals surface area contributed by atoms with Gasteiger partial charge in [-0.25, -0.2) is 4.79 Å². The van der Waals surface area contributed by atoms with Crippen LogP contribution in [0.5, 0.6) is 0 Å². The Morgan fingerprint density at radius 3 is 2.52 bits per heavy atom. The van der Waals surface area contributed by atoms with E-state index in [1.807, 2.05) is 6.92 Å². The highest BCUT2D eigenvalue weighted by Crippen LogP contribution is 2.41. The van der Waals surface area contributed by atoms with Crippen molar-refractivity contribution in [3.8, 4) is 0 Å². The number of esters is 1. The number of alkyl halides is 3. The lowest BCUT2D eigenvalue weighted by Gasteiger charge is -2.38. The second kappa shape index (κ2) is 8.70. The molecule has 7 nitrogen and oxygen atoms in total. The molecule has 1 aromatic carbocycles. The molecule has 2 amide bonds. The first-order valence-corrected chi connectivity index (χ1v) is 9.98. The molecule has 0 bridgehead atoms. The molecule has 0 aromatic heterocycles. The summed E-state index contributed by atoms with van der Waals surface area (Å²) in [5.41, 5.74) is -1.50. The van der Waals surface area contributed by atoms with Crippen molar-refractivity contribution >= 4 is 23.5 Å². The van der Waals surface area contributed by atoms with E-state index in [2.05, 4.69) is 15.5 Å². The van der Waals surface area contributed by atoms with Crippen molar-refractivity contribution in [2.45, 2.75) is 38.5 Å². The fourth-order valence-electron chi connectivity index (χ4n) is 3.94. The fraction of sp³-hybridized carbons (Fsp3) is 0.476. The molecule has 0 unspecified atom stereocenters. The van der Waals surface area contributed by atoms with Crippen LogP contribution in [0.1, 0.15) is 32.3 Å². The number of hydrogen-bond acceptors (Lipinski definition) is 5. The number of amides is 2. The quantitative estimate of drug-likeness (QED) is 0.689. The molecule has 2 N–H and O–H groups in total. The Hall–Kier alpha value is -2.88. The van der Waals surface area contributed by atoms with Gasteiger partial charge in [0.1, 0.15) is 5.60 Å². The molecule has 0 atom stereocenters. The number of rotatable bonds is 5. The predicted molar refractivity (Wildman–Crippen MR) is 106 cm³/mol. The van der Waals surface area contributed by atoms with Gasteiger partial charge in [-0.05, 0) is 31.7 Å². The smallest absolute Gasteiger partial charge is 0.416 e. The van der Waals surface area contributed by atoms with Gasteiger partial charge in [-0.1, -0.05) is 13.0 Å². The summed E-state index contributed by atoms with van der Waals surface area (Å²) in [6.45, 7) is 5.27. The highest BCUT2D eigenvalue weighted by Gasteiger charge is 2.50. The van der Waals surface area contributed by atoms with Crippen molar-refractivity contribution < 1.29 is 32.3 Å². The summed E-state index contributed by atoms with van der Waals surface area (Å²) in [7, 11) is 0. The molecule has 2 heterocycles. The summed E-state index contributed by atoms with van der Waals surface area (Å²) in [6, 6.07) is 4.21. The van der Waals surface area contributed by atoms with E-state index < -0.39 is 41.7 Å². The standard InChI is InChI=1S/C21H24F3N3O4/c1-3-27-9-7-20(8-10-27)17(13(2)19(30)31-20)18(29)25-12-16(28)26-15-6-4-5-14(11-15)21(22,23)24/h4-6,11H,3,7-10,12H2,1-2H3,(H,25,29)(H,26,28). The summed E-state index contributed by atoms with van der Waals surface area (Å²) in [6.07, 6.45) is -3.58. The zero-order valence-electron chi connectivity index (χ0n) is 17.3. The van der Waals surface area contributed by atoms with Gasteiger partial charge in [-0.2, -0.15) is 13.2 Å². The third-order valence-corrected chi connectivity index (χ3v) is 5.65. The number of carbonyl (C=O) groups is 3. The van der Waals surface area contributed by atoms with Crippen LogP contribution in [0, 0.1) is 0 Å². The van der Waals surface area contributed by atoms with Gasteiger partial charge in [0.2, 0.25) is 5.91 Å². The second-order valence-electron chi connectivity index (χ2n) is 7.63. The zero-order valence-corrected chi connectivity index (χ0v) is 17.3. The van der Waals surface area contributed by atoms with E-state index in [0.29, 0.717) is 25.9 Å². The van der Waals surface area contributed by atoms with Crippen LogP contribution in [0.3, 0.4) is 0 Å². The number of halogens is 3. The molecule has 0 radical (unpaired) electrons. The normalized spacial score (nSPS) is 18.8. The molecular weight excluding hydrogens is 415 g/mol. The Morgan fingerprint density at radius 2 is 1.90 bits per heavy atom. The number of hydrogen-bond donors (Lipinski definition) is 2. The molecule has 10 heteroatoms. The minimum absolute atomic E-state index is 0.0349. The highest BCUT2D eigenvalue weighted by atomic mass is 19.4. The molecule has 1 spiro atoms. The van der Waals surface area contributed by atoms with Gasteiger partial charge in [0.25, 0.3) is 5.91 Å². The first kappa shape index (κ1) is 22.8. The summed E-state index contributed by atoms with van der Waals surface area (Å²) in [4.78, 5) is 39.3. The molecule has 2 aliphatic rings. The van der Waals surface area contributed by atoms with E-state index in [4.69, 9.17) is 4.74 Å². The Kier molecular flexibility index (Phi) is 6.40. The number of anilines is 1. The number of nitrogens with zero attached hydrogens (tertiary/aromatic N) is 1. The third-order valence-electron chi connectivity index (χ3n) is 5.65. The molecule has 31 heavy (non-hydrogen) atoms. The Morgan fingerprint density at radius 1 is 1.23 bits per heavy atom. The van der Waals surface area contributed by atoms with Gasteiger partial charge < -0.3 is 20.3 Å². The minimum Gasteiger partial charge on any atom is -0.450 e. The Labute approximate surface area is 177 Å². The maximum absolute atomic E-state index is 12.8. The molecular formula is C21H24F3N3O4. The molecule has 1 saturated heterocycles. The van der Waals surface area contributed by atoms with Gasteiger partial charge in [0.05, 0.1) is 17.7 Å². The number of benzene rings is 1. The van der Waals surface area contributed by atoms with Gasteiger partial charge in [-0.15, -0.1) is 0 Å². The Bertz CT molecular complexity index is 919. The summed E-state index contributed by atoms with van der Waals surface area (Å²) >= 11 is 0. The molecule has 0 aliphatic carbocycles. The number of ether oxygens (including phenoxy) is 1. The van der Waals surface area contributed by atoms with E-state index in [1.165, 1.54) is 19.1 Å². The van der Waals surface area contributed by atoms with Crippen LogP contribution in [0.25, 0.3) is 0 Å². The van der Waals surface area contributed by atoms with Crippen molar-refractivity contribution in [2.75, 3.05) is 31.5 Å². The van der Waals surface area contributed by atoms with Crippen LogP contribution in [0.15, 0.2) is 35.4 Å². The summed E-state index contributed by atoms with van der Waals surface area (Å²) in [5, 5.41) is 4.79. The van der Waals surface area contributed by atoms with Crippen LogP contribution in [-0.4, -0.2) is 54.5 Å². The van der Waals surface area contributed by atoms with E-state index in [9.17, 15) is 27.6 Å². The van der Waals surface area contributed by atoms with Gasteiger partial charge in [0.15, 0.2) is 0 Å². The van der Waals surface area contributed by atoms with Crippen molar-refractivity contribution in [3.63, 3.8) is 0 Å². The van der Waals surface area contributed by atoms with E-state index in [-0.39, 0.29) is 16.8 Å². The maximum atomic E-state index is 12.8.